The average molecular weight is 378 g/mol. The van der Waals surface area contributed by atoms with Gasteiger partial charge < -0.3 is 4.90 Å². The van der Waals surface area contributed by atoms with Crippen molar-refractivity contribution in [1.82, 2.24) is 24.9 Å². The molecule has 130 valence electrons. The maximum atomic E-state index is 12.6. The SMILES string of the molecule is Cc1c(CN(C)C(=O)c2cc(-c3ccc(Cl)c(Cl)c3)n[nH]2)cnn1C. The average Bonchev–Trinajstić information content (AvgIpc) is 3.19. The Morgan fingerprint density at radius 2 is 2.04 bits per heavy atom. The zero-order valence-electron chi connectivity index (χ0n) is 14.0. The molecule has 0 fully saturated rings. The van der Waals surface area contributed by atoms with Crippen molar-refractivity contribution >= 4 is 29.1 Å². The molecule has 2 aromatic heterocycles. The van der Waals surface area contributed by atoms with E-state index >= 15 is 0 Å². The van der Waals surface area contributed by atoms with Gasteiger partial charge in [-0.2, -0.15) is 10.2 Å². The number of rotatable bonds is 4. The number of aromatic nitrogens is 4. The van der Waals surface area contributed by atoms with Gasteiger partial charge in [0.25, 0.3) is 5.91 Å². The van der Waals surface area contributed by atoms with Gasteiger partial charge in [0.15, 0.2) is 0 Å². The van der Waals surface area contributed by atoms with Gasteiger partial charge in [-0.1, -0.05) is 29.3 Å². The fourth-order valence-electron chi connectivity index (χ4n) is 2.47. The zero-order chi connectivity index (χ0) is 18.1. The molecule has 0 saturated carbocycles. The standard InChI is InChI=1S/C17H17Cl2N5O/c1-10-12(8-20-24(10)3)9-23(2)17(25)16-7-15(21-22-16)11-4-5-13(18)14(19)6-11/h4-8H,9H2,1-3H3,(H,21,22). The third-order valence-electron chi connectivity index (χ3n) is 4.11. The fourth-order valence-corrected chi connectivity index (χ4v) is 2.77. The quantitative estimate of drug-likeness (QED) is 0.753. The van der Waals surface area contributed by atoms with E-state index in [1.54, 1.807) is 47.1 Å². The number of amides is 1. The molecule has 8 heteroatoms. The van der Waals surface area contributed by atoms with Crippen LogP contribution in [0.5, 0.6) is 0 Å². The molecule has 3 aromatic rings. The number of nitrogens with one attached hydrogen (secondary N) is 1. The van der Waals surface area contributed by atoms with Crippen molar-refractivity contribution in [1.29, 1.82) is 0 Å². The van der Waals surface area contributed by atoms with Gasteiger partial charge in [0, 0.05) is 37.5 Å². The largest absolute Gasteiger partial charge is 0.336 e. The molecular formula is C17H17Cl2N5O. The van der Waals surface area contributed by atoms with Crippen LogP contribution in [0.1, 0.15) is 21.7 Å². The summed E-state index contributed by atoms with van der Waals surface area (Å²) in [6.45, 7) is 2.44. The van der Waals surface area contributed by atoms with Crippen LogP contribution >= 0.6 is 23.2 Å². The molecule has 0 aliphatic rings. The second kappa shape index (κ2) is 6.90. The van der Waals surface area contributed by atoms with E-state index in [0.717, 1.165) is 16.8 Å². The Morgan fingerprint density at radius 1 is 1.28 bits per heavy atom. The summed E-state index contributed by atoms with van der Waals surface area (Å²) in [5.41, 5.74) is 3.86. The topological polar surface area (TPSA) is 66.8 Å². The number of carbonyl (C=O) groups excluding carboxylic acids is 1. The van der Waals surface area contributed by atoms with Gasteiger partial charge in [-0.15, -0.1) is 0 Å². The van der Waals surface area contributed by atoms with Gasteiger partial charge in [-0.3, -0.25) is 14.6 Å². The van der Waals surface area contributed by atoms with Crippen LogP contribution in [0, 0.1) is 6.92 Å². The molecule has 0 unspecified atom stereocenters. The first-order valence-corrected chi connectivity index (χ1v) is 8.36. The molecule has 0 saturated heterocycles. The van der Waals surface area contributed by atoms with Gasteiger partial charge in [0.1, 0.15) is 5.69 Å². The summed E-state index contributed by atoms with van der Waals surface area (Å²) in [6, 6.07) is 6.93. The molecule has 0 aliphatic carbocycles. The Morgan fingerprint density at radius 3 is 2.68 bits per heavy atom. The highest BCUT2D eigenvalue weighted by molar-refractivity contribution is 6.42. The zero-order valence-corrected chi connectivity index (χ0v) is 15.6. The molecule has 6 nitrogen and oxygen atoms in total. The predicted molar refractivity (Wildman–Crippen MR) is 97.8 cm³/mol. The Balaban J connectivity index is 1.77. The number of aryl methyl sites for hydroxylation is 1. The molecule has 1 N–H and O–H groups in total. The Bertz CT molecular complexity index is 931. The van der Waals surface area contributed by atoms with Crippen LogP contribution in [-0.4, -0.2) is 37.8 Å². The number of H-pyrrole nitrogens is 1. The third kappa shape index (κ3) is 3.55. The minimum Gasteiger partial charge on any atom is -0.336 e. The first-order valence-electron chi connectivity index (χ1n) is 7.60. The van der Waals surface area contributed by atoms with Crippen molar-refractivity contribution in [3.05, 3.63) is 57.5 Å². The maximum Gasteiger partial charge on any atom is 0.271 e. The van der Waals surface area contributed by atoms with Crippen LogP contribution in [0.15, 0.2) is 30.5 Å². The van der Waals surface area contributed by atoms with E-state index in [1.165, 1.54) is 0 Å². The van der Waals surface area contributed by atoms with E-state index in [9.17, 15) is 4.79 Å². The minimum atomic E-state index is -0.151. The lowest BCUT2D eigenvalue weighted by molar-refractivity contribution is 0.0779. The van der Waals surface area contributed by atoms with E-state index in [-0.39, 0.29) is 5.91 Å². The van der Waals surface area contributed by atoms with Gasteiger partial charge in [0.05, 0.1) is 21.9 Å². The molecule has 0 atom stereocenters. The first kappa shape index (κ1) is 17.5. The predicted octanol–water partition coefficient (Wildman–Crippen LogP) is 3.70. The Labute approximate surface area is 155 Å². The van der Waals surface area contributed by atoms with Crippen LogP contribution in [0.4, 0.5) is 0 Å². The molecule has 0 bridgehead atoms. The van der Waals surface area contributed by atoms with Crippen molar-refractivity contribution in [3.63, 3.8) is 0 Å². The molecule has 3 rings (SSSR count). The van der Waals surface area contributed by atoms with E-state index in [1.807, 2.05) is 14.0 Å². The number of benzene rings is 1. The summed E-state index contributed by atoms with van der Waals surface area (Å²) in [5, 5.41) is 12.1. The number of nitrogens with zero attached hydrogens (tertiary/aromatic N) is 4. The molecule has 0 aliphatic heterocycles. The smallest absolute Gasteiger partial charge is 0.271 e. The molecule has 1 amide bonds. The molecule has 0 radical (unpaired) electrons. The van der Waals surface area contributed by atoms with Crippen LogP contribution < -0.4 is 0 Å². The molecule has 0 spiro atoms. The highest BCUT2D eigenvalue weighted by Crippen LogP contribution is 2.28. The molecular weight excluding hydrogens is 361 g/mol. The number of hydrogen-bond acceptors (Lipinski definition) is 3. The second-order valence-corrected chi connectivity index (χ2v) is 6.65. The summed E-state index contributed by atoms with van der Waals surface area (Å²) < 4.78 is 1.78. The number of hydrogen-bond donors (Lipinski definition) is 1. The highest BCUT2D eigenvalue weighted by atomic mass is 35.5. The van der Waals surface area contributed by atoms with Crippen LogP contribution in [0.2, 0.25) is 10.0 Å². The summed E-state index contributed by atoms with van der Waals surface area (Å²) in [6.07, 6.45) is 1.77. The number of aromatic amines is 1. The number of carbonyl (C=O) groups is 1. The van der Waals surface area contributed by atoms with Crippen molar-refractivity contribution in [3.8, 4) is 11.3 Å². The summed E-state index contributed by atoms with van der Waals surface area (Å²) in [7, 11) is 3.62. The van der Waals surface area contributed by atoms with Crippen molar-refractivity contribution < 1.29 is 4.79 Å². The van der Waals surface area contributed by atoms with Crippen molar-refractivity contribution in [2.24, 2.45) is 7.05 Å². The lowest BCUT2D eigenvalue weighted by atomic mass is 10.1. The Kier molecular flexibility index (Phi) is 4.83. The summed E-state index contributed by atoms with van der Waals surface area (Å²) in [4.78, 5) is 14.2. The van der Waals surface area contributed by atoms with E-state index < -0.39 is 0 Å². The molecule has 1 aromatic carbocycles. The Hall–Kier alpha value is -2.31. The third-order valence-corrected chi connectivity index (χ3v) is 4.85. The first-order chi connectivity index (χ1) is 11.9. The highest BCUT2D eigenvalue weighted by Gasteiger charge is 2.17. The van der Waals surface area contributed by atoms with E-state index in [2.05, 4.69) is 15.3 Å². The van der Waals surface area contributed by atoms with Gasteiger partial charge >= 0.3 is 0 Å². The molecule has 2 heterocycles. The van der Waals surface area contributed by atoms with Crippen LogP contribution in [-0.2, 0) is 13.6 Å². The lowest BCUT2D eigenvalue weighted by Crippen LogP contribution is -2.26. The fraction of sp³-hybridized carbons (Fsp3) is 0.235. The normalized spacial score (nSPS) is 10.9. The lowest BCUT2D eigenvalue weighted by Gasteiger charge is -2.15. The van der Waals surface area contributed by atoms with Crippen molar-refractivity contribution in [2.45, 2.75) is 13.5 Å². The summed E-state index contributed by atoms with van der Waals surface area (Å²) >= 11 is 12.0. The van der Waals surface area contributed by atoms with Crippen molar-refractivity contribution in [2.75, 3.05) is 7.05 Å². The van der Waals surface area contributed by atoms with Crippen LogP contribution in [0.25, 0.3) is 11.3 Å². The molecule has 25 heavy (non-hydrogen) atoms. The van der Waals surface area contributed by atoms with Gasteiger partial charge in [0.2, 0.25) is 0 Å². The van der Waals surface area contributed by atoms with Gasteiger partial charge in [-0.25, -0.2) is 0 Å². The van der Waals surface area contributed by atoms with Crippen LogP contribution in [0.3, 0.4) is 0 Å². The van der Waals surface area contributed by atoms with E-state index in [0.29, 0.717) is 28.0 Å². The number of halogens is 2. The summed E-state index contributed by atoms with van der Waals surface area (Å²) in [5.74, 6) is -0.151. The second-order valence-electron chi connectivity index (χ2n) is 5.84. The monoisotopic (exact) mass is 377 g/mol. The van der Waals surface area contributed by atoms with E-state index in [4.69, 9.17) is 23.2 Å². The maximum absolute atomic E-state index is 12.6. The minimum absolute atomic E-state index is 0.151. The van der Waals surface area contributed by atoms with Gasteiger partial charge in [-0.05, 0) is 25.1 Å².